The van der Waals surface area contributed by atoms with E-state index in [-0.39, 0.29) is 5.56 Å². The van der Waals surface area contributed by atoms with Crippen LogP contribution >= 0.6 is 12.2 Å². The Morgan fingerprint density at radius 2 is 2.14 bits per heavy atom. The zero-order chi connectivity index (χ0) is 19.9. The Morgan fingerprint density at radius 3 is 2.86 bits per heavy atom. The maximum absolute atomic E-state index is 12.6. The van der Waals surface area contributed by atoms with Crippen LogP contribution < -0.4 is 20.5 Å². The Kier molecular flexibility index (Phi) is 7.24. The van der Waals surface area contributed by atoms with Crippen molar-refractivity contribution < 1.29 is 14.4 Å². The zero-order valence-electron chi connectivity index (χ0n) is 16.5. The van der Waals surface area contributed by atoms with E-state index in [0.29, 0.717) is 23.8 Å². The molecule has 3 rings (SSSR count). The molecule has 2 aromatic rings. The summed E-state index contributed by atoms with van der Waals surface area (Å²) >= 11 is 5.49. The van der Waals surface area contributed by atoms with E-state index in [1.54, 1.807) is 0 Å². The first-order valence-electron chi connectivity index (χ1n) is 9.77. The van der Waals surface area contributed by atoms with Crippen LogP contribution in [0.1, 0.15) is 12.5 Å². The van der Waals surface area contributed by atoms with Gasteiger partial charge in [0.05, 0.1) is 39.5 Å². The number of ether oxygens (including phenoxy) is 2. The number of hydrogen-bond acceptors (Lipinski definition) is 4. The normalized spacial score (nSPS) is 14.8. The molecule has 1 saturated heterocycles. The van der Waals surface area contributed by atoms with Crippen molar-refractivity contribution >= 4 is 28.2 Å². The highest BCUT2D eigenvalue weighted by Gasteiger charge is 2.18. The molecule has 8 heteroatoms. The van der Waals surface area contributed by atoms with Crippen LogP contribution in [0.2, 0.25) is 0 Å². The summed E-state index contributed by atoms with van der Waals surface area (Å²) in [5.41, 5.74) is 1.41. The van der Waals surface area contributed by atoms with E-state index in [2.05, 4.69) is 15.2 Å². The van der Waals surface area contributed by atoms with Crippen molar-refractivity contribution in [3.8, 4) is 5.75 Å². The zero-order valence-corrected chi connectivity index (χ0v) is 17.4. The first-order valence-corrected chi connectivity index (χ1v) is 10.2. The predicted octanol–water partition coefficient (Wildman–Crippen LogP) is 0.148. The molecule has 0 radical (unpaired) electrons. The monoisotopic (exact) mass is 405 g/mol. The molecule has 0 bridgehead atoms. The molecule has 0 spiro atoms. The number of morpholine rings is 1. The van der Waals surface area contributed by atoms with Crippen molar-refractivity contribution in [2.45, 2.75) is 13.5 Å². The van der Waals surface area contributed by atoms with Crippen molar-refractivity contribution in [1.82, 2.24) is 15.2 Å². The van der Waals surface area contributed by atoms with Gasteiger partial charge in [-0.3, -0.25) is 4.79 Å². The third-order valence-electron chi connectivity index (χ3n) is 5.00. The summed E-state index contributed by atoms with van der Waals surface area (Å²) in [6.45, 7) is 8.40. The van der Waals surface area contributed by atoms with Crippen LogP contribution in [0, 0.1) is 0 Å². The molecule has 0 amide bonds. The third kappa shape index (κ3) is 5.21. The van der Waals surface area contributed by atoms with Gasteiger partial charge in [0.15, 0.2) is 5.11 Å². The lowest BCUT2D eigenvalue weighted by atomic mass is 10.1. The molecule has 0 atom stereocenters. The lowest BCUT2D eigenvalue weighted by Crippen LogP contribution is -3.14. The Balaban J connectivity index is 1.78. The second-order valence-corrected chi connectivity index (χ2v) is 7.28. The van der Waals surface area contributed by atoms with Crippen molar-refractivity contribution in [1.29, 1.82) is 0 Å². The molecule has 2 heterocycles. The number of hydrogen-bond donors (Lipinski definition) is 3. The second kappa shape index (κ2) is 9.86. The van der Waals surface area contributed by atoms with E-state index in [0.717, 1.165) is 56.0 Å². The molecule has 0 aliphatic carbocycles. The molecule has 0 saturated carbocycles. The Bertz CT molecular complexity index is 864. The summed E-state index contributed by atoms with van der Waals surface area (Å²) < 4.78 is 11.0. The van der Waals surface area contributed by atoms with E-state index in [1.807, 2.05) is 38.2 Å². The molecular weight excluding hydrogens is 376 g/mol. The molecule has 1 fully saturated rings. The number of benzene rings is 1. The van der Waals surface area contributed by atoms with Gasteiger partial charge in [-0.1, -0.05) is 0 Å². The van der Waals surface area contributed by atoms with E-state index in [9.17, 15) is 4.79 Å². The van der Waals surface area contributed by atoms with Crippen LogP contribution in [-0.4, -0.2) is 68.0 Å². The molecule has 3 N–H and O–H groups in total. The first kappa shape index (κ1) is 20.6. The molecule has 1 aliphatic rings. The number of quaternary nitrogens is 1. The van der Waals surface area contributed by atoms with Crippen LogP contribution in [0.4, 0.5) is 0 Å². The quantitative estimate of drug-likeness (QED) is 0.570. The molecule has 1 aromatic heterocycles. The number of nitrogens with zero attached hydrogens (tertiary/aromatic N) is 1. The number of nitrogens with one attached hydrogen (secondary N) is 3. The number of aromatic amines is 1. The summed E-state index contributed by atoms with van der Waals surface area (Å²) in [6.07, 6.45) is 0. The summed E-state index contributed by atoms with van der Waals surface area (Å²) in [5.74, 6) is 0.798. The minimum Gasteiger partial charge on any atom is -0.494 e. The number of H-pyrrole nitrogens is 1. The smallest absolute Gasteiger partial charge is 0.253 e. The van der Waals surface area contributed by atoms with Gasteiger partial charge in [0, 0.05) is 23.5 Å². The van der Waals surface area contributed by atoms with Crippen LogP contribution in [0.15, 0.2) is 29.1 Å². The summed E-state index contributed by atoms with van der Waals surface area (Å²) in [7, 11) is 1.82. The molecule has 0 unspecified atom stereocenters. The van der Waals surface area contributed by atoms with Crippen molar-refractivity contribution in [3.63, 3.8) is 0 Å². The summed E-state index contributed by atoms with van der Waals surface area (Å²) in [6, 6.07) is 7.64. The Labute approximate surface area is 170 Å². The maximum Gasteiger partial charge on any atom is 0.253 e. The van der Waals surface area contributed by atoms with E-state index in [1.165, 1.54) is 4.90 Å². The van der Waals surface area contributed by atoms with Gasteiger partial charge in [-0.2, -0.15) is 0 Å². The molecule has 1 aliphatic heterocycles. The van der Waals surface area contributed by atoms with Crippen molar-refractivity contribution in [2.24, 2.45) is 0 Å². The maximum atomic E-state index is 12.6. The van der Waals surface area contributed by atoms with Crippen LogP contribution in [0.5, 0.6) is 5.75 Å². The second-order valence-electron chi connectivity index (χ2n) is 6.89. The number of pyridine rings is 1. The van der Waals surface area contributed by atoms with E-state index >= 15 is 0 Å². The van der Waals surface area contributed by atoms with Gasteiger partial charge in [-0.15, -0.1) is 0 Å². The average molecular weight is 406 g/mol. The lowest BCUT2D eigenvalue weighted by molar-refractivity contribution is -0.907. The SMILES string of the molecule is CCOc1ccc2[nH]c(=O)c(CN(CC[NH+]3CCOCC3)C(=S)NC)cc2c1. The topological polar surface area (TPSA) is 71.0 Å². The fraction of sp³-hybridized carbons (Fsp3) is 0.500. The highest BCUT2D eigenvalue weighted by molar-refractivity contribution is 7.80. The largest absolute Gasteiger partial charge is 0.494 e. The van der Waals surface area contributed by atoms with Crippen LogP contribution in [0.3, 0.4) is 0 Å². The molecular formula is C20H29N4O3S+. The molecule has 28 heavy (non-hydrogen) atoms. The summed E-state index contributed by atoms with van der Waals surface area (Å²) in [5, 5.41) is 4.65. The van der Waals surface area contributed by atoms with Gasteiger partial charge in [-0.25, -0.2) is 0 Å². The molecule has 1 aromatic carbocycles. The molecule has 7 nitrogen and oxygen atoms in total. The van der Waals surface area contributed by atoms with Crippen LogP contribution in [-0.2, 0) is 11.3 Å². The number of aromatic nitrogens is 1. The fourth-order valence-corrected chi connectivity index (χ4v) is 3.58. The van der Waals surface area contributed by atoms with Crippen LogP contribution in [0.25, 0.3) is 10.9 Å². The fourth-order valence-electron chi connectivity index (χ4n) is 3.42. The van der Waals surface area contributed by atoms with Crippen molar-refractivity contribution in [3.05, 3.63) is 40.2 Å². The lowest BCUT2D eigenvalue weighted by Gasteiger charge is -2.29. The van der Waals surface area contributed by atoms with E-state index in [4.69, 9.17) is 21.7 Å². The average Bonchev–Trinajstić information content (AvgIpc) is 2.72. The highest BCUT2D eigenvalue weighted by atomic mass is 32.1. The standard InChI is InChI=1S/C20H28N4O3S/c1-3-27-17-4-5-18-15(13-17)12-16(19(25)22-18)14-24(20(28)21-2)7-6-23-8-10-26-11-9-23/h4-5,12-13H,3,6-11,14H2,1-2H3,(H,21,28)(H,22,25)/p+1. The number of thiocarbonyl (C=S) groups is 1. The predicted molar refractivity (Wildman–Crippen MR) is 114 cm³/mol. The van der Waals surface area contributed by atoms with Gasteiger partial charge in [0.25, 0.3) is 5.56 Å². The van der Waals surface area contributed by atoms with Gasteiger partial charge < -0.3 is 29.6 Å². The minimum absolute atomic E-state index is 0.0840. The van der Waals surface area contributed by atoms with Gasteiger partial charge >= 0.3 is 0 Å². The number of rotatable bonds is 7. The van der Waals surface area contributed by atoms with Gasteiger partial charge in [0.1, 0.15) is 18.8 Å². The Morgan fingerprint density at radius 1 is 1.36 bits per heavy atom. The third-order valence-corrected chi connectivity index (χ3v) is 5.46. The van der Waals surface area contributed by atoms with E-state index < -0.39 is 0 Å². The van der Waals surface area contributed by atoms with Crippen molar-refractivity contribution in [2.75, 3.05) is 53.0 Å². The Hall–Kier alpha value is -2.16. The number of fused-ring (bicyclic) bond motifs is 1. The molecule has 152 valence electrons. The van der Waals surface area contributed by atoms with Gasteiger partial charge in [0.2, 0.25) is 0 Å². The summed E-state index contributed by atoms with van der Waals surface area (Å²) in [4.78, 5) is 19.1. The minimum atomic E-state index is -0.0840. The van der Waals surface area contributed by atoms with Gasteiger partial charge in [-0.05, 0) is 43.4 Å². The first-order chi connectivity index (χ1) is 13.6. The highest BCUT2D eigenvalue weighted by Crippen LogP contribution is 2.19.